The van der Waals surface area contributed by atoms with Crippen molar-refractivity contribution in [1.29, 1.82) is 0 Å². The lowest BCUT2D eigenvalue weighted by atomic mass is 10.1. The van der Waals surface area contributed by atoms with Crippen molar-refractivity contribution < 1.29 is 4.79 Å². The van der Waals surface area contributed by atoms with Crippen molar-refractivity contribution in [3.05, 3.63) is 86.2 Å². The minimum atomic E-state index is -0.203. The number of carbonyl (C=O) groups excluding carboxylic acids is 1. The van der Waals surface area contributed by atoms with E-state index < -0.39 is 0 Å². The van der Waals surface area contributed by atoms with Crippen LogP contribution >= 0.6 is 22.6 Å². The van der Waals surface area contributed by atoms with Gasteiger partial charge in [-0.25, -0.2) is 5.43 Å². The van der Waals surface area contributed by atoms with E-state index in [1.807, 2.05) is 25.1 Å². The average Bonchev–Trinajstić information content (AvgIpc) is 2.90. The monoisotopic (exact) mass is 457 g/mol. The Labute approximate surface area is 167 Å². The zero-order valence-corrected chi connectivity index (χ0v) is 17.1. The van der Waals surface area contributed by atoms with Gasteiger partial charge < -0.3 is 4.57 Å². The number of benzene rings is 2. The Balaban J connectivity index is 1.79. The molecule has 0 saturated carbocycles. The maximum atomic E-state index is 12.2. The molecule has 3 rings (SSSR count). The van der Waals surface area contributed by atoms with Gasteiger partial charge in [0.15, 0.2) is 0 Å². The summed E-state index contributed by atoms with van der Waals surface area (Å²) < 4.78 is 3.38. The Morgan fingerprint density at radius 2 is 1.77 bits per heavy atom. The molecule has 0 bridgehead atoms. The predicted octanol–water partition coefficient (Wildman–Crippen LogP) is 4.77. The van der Waals surface area contributed by atoms with Gasteiger partial charge in [0.05, 0.1) is 6.21 Å². The van der Waals surface area contributed by atoms with Gasteiger partial charge >= 0.3 is 0 Å². The predicted molar refractivity (Wildman–Crippen MR) is 114 cm³/mol. The lowest BCUT2D eigenvalue weighted by molar-refractivity contribution is 0.0954. The molecule has 0 atom stereocenters. The van der Waals surface area contributed by atoms with Gasteiger partial charge in [-0.1, -0.05) is 18.2 Å². The first-order valence-corrected chi connectivity index (χ1v) is 9.39. The second-order valence-electron chi connectivity index (χ2n) is 6.15. The first-order valence-electron chi connectivity index (χ1n) is 8.31. The van der Waals surface area contributed by atoms with Crippen molar-refractivity contribution in [1.82, 2.24) is 9.99 Å². The zero-order chi connectivity index (χ0) is 18.7. The van der Waals surface area contributed by atoms with Crippen LogP contribution in [0.4, 0.5) is 0 Å². The second-order valence-corrected chi connectivity index (χ2v) is 7.40. The molecule has 0 spiro atoms. The highest BCUT2D eigenvalue weighted by Crippen LogP contribution is 2.20. The number of aromatic nitrogens is 1. The molecule has 0 aliphatic carbocycles. The van der Waals surface area contributed by atoms with Crippen LogP contribution in [-0.4, -0.2) is 16.7 Å². The van der Waals surface area contributed by atoms with Crippen LogP contribution in [0.3, 0.4) is 0 Å². The van der Waals surface area contributed by atoms with Crippen LogP contribution < -0.4 is 5.43 Å². The van der Waals surface area contributed by atoms with E-state index >= 15 is 0 Å². The van der Waals surface area contributed by atoms with Crippen LogP contribution in [0.1, 0.15) is 32.9 Å². The topological polar surface area (TPSA) is 46.4 Å². The lowest BCUT2D eigenvalue weighted by Crippen LogP contribution is -2.18. The van der Waals surface area contributed by atoms with Gasteiger partial charge in [-0.2, -0.15) is 5.10 Å². The third-order valence-corrected chi connectivity index (χ3v) is 5.03. The smallest absolute Gasteiger partial charge is 0.271 e. The summed E-state index contributed by atoms with van der Waals surface area (Å²) in [5.74, 6) is -0.203. The fourth-order valence-electron chi connectivity index (χ4n) is 2.95. The number of hydrogen-bond donors (Lipinski definition) is 1. The van der Waals surface area contributed by atoms with Crippen LogP contribution in [-0.2, 0) is 0 Å². The van der Waals surface area contributed by atoms with Crippen molar-refractivity contribution in [3.8, 4) is 5.69 Å². The minimum absolute atomic E-state index is 0.203. The fourth-order valence-corrected chi connectivity index (χ4v) is 3.31. The van der Waals surface area contributed by atoms with E-state index in [4.69, 9.17) is 0 Å². The molecule has 1 heterocycles. The number of carbonyl (C=O) groups is 1. The van der Waals surface area contributed by atoms with Gasteiger partial charge in [-0.05, 0) is 85.3 Å². The molecule has 3 aromatic rings. The second kappa shape index (κ2) is 7.86. The van der Waals surface area contributed by atoms with Gasteiger partial charge in [-0.3, -0.25) is 4.79 Å². The Morgan fingerprint density at radius 1 is 1.08 bits per heavy atom. The molecule has 1 aromatic heterocycles. The maximum Gasteiger partial charge on any atom is 0.271 e. The number of amides is 1. The summed E-state index contributed by atoms with van der Waals surface area (Å²) in [5.41, 5.74) is 8.47. The van der Waals surface area contributed by atoms with E-state index in [1.165, 1.54) is 3.57 Å². The SMILES string of the molecule is Cc1ccccc1C(=O)N/N=C/c1cc(C)n(-c2ccc(I)cc2)c1C. The highest BCUT2D eigenvalue weighted by Gasteiger charge is 2.10. The molecule has 0 fully saturated rings. The highest BCUT2D eigenvalue weighted by molar-refractivity contribution is 14.1. The van der Waals surface area contributed by atoms with Crippen LogP contribution in [0.5, 0.6) is 0 Å². The summed E-state index contributed by atoms with van der Waals surface area (Å²) in [6.45, 7) is 6.02. The van der Waals surface area contributed by atoms with Crippen LogP contribution in [0.2, 0.25) is 0 Å². The third kappa shape index (κ3) is 3.88. The van der Waals surface area contributed by atoms with Crippen molar-refractivity contribution >= 4 is 34.7 Å². The Kier molecular flexibility index (Phi) is 5.56. The van der Waals surface area contributed by atoms with Gasteiger partial charge in [0, 0.05) is 31.8 Å². The molecular weight excluding hydrogens is 437 g/mol. The van der Waals surface area contributed by atoms with Crippen LogP contribution in [0.25, 0.3) is 5.69 Å². The quantitative estimate of drug-likeness (QED) is 0.343. The molecule has 0 aliphatic rings. The molecule has 132 valence electrons. The normalized spacial score (nSPS) is 11.1. The first kappa shape index (κ1) is 18.4. The largest absolute Gasteiger partial charge is 0.318 e. The number of hydrazone groups is 1. The average molecular weight is 457 g/mol. The molecule has 0 unspecified atom stereocenters. The number of rotatable bonds is 4. The highest BCUT2D eigenvalue weighted by atomic mass is 127. The van der Waals surface area contributed by atoms with E-state index in [0.29, 0.717) is 5.56 Å². The molecule has 1 N–H and O–H groups in total. The van der Waals surface area contributed by atoms with Gasteiger partial charge in [-0.15, -0.1) is 0 Å². The molecule has 26 heavy (non-hydrogen) atoms. The Hall–Kier alpha value is -2.41. The minimum Gasteiger partial charge on any atom is -0.318 e. The summed E-state index contributed by atoms with van der Waals surface area (Å²) >= 11 is 2.30. The lowest BCUT2D eigenvalue weighted by Gasteiger charge is -2.09. The van der Waals surface area contributed by atoms with Crippen molar-refractivity contribution in [2.24, 2.45) is 5.10 Å². The van der Waals surface area contributed by atoms with Crippen molar-refractivity contribution in [2.75, 3.05) is 0 Å². The molecule has 0 radical (unpaired) electrons. The molecule has 0 aliphatic heterocycles. The fraction of sp³-hybridized carbons (Fsp3) is 0.143. The van der Waals surface area contributed by atoms with E-state index in [0.717, 1.165) is 28.2 Å². The molecule has 0 saturated heterocycles. The zero-order valence-electron chi connectivity index (χ0n) is 15.0. The number of nitrogens with one attached hydrogen (secondary N) is 1. The third-order valence-electron chi connectivity index (χ3n) is 4.31. The molecular formula is C21H20IN3O. The maximum absolute atomic E-state index is 12.2. The number of halogens is 1. The first-order chi connectivity index (χ1) is 12.5. The van der Waals surface area contributed by atoms with Gasteiger partial charge in [0.25, 0.3) is 5.91 Å². The van der Waals surface area contributed by atoms with E-state index in [9.17, 15) is 4.79 Å². The van der Waals surface area contributed by atoms with E-state index in [-0.39, 0.29) is 5.91 Å². The Bertz CT molecular complexity index is 971. The Morgan fingerprint density at radius 3 is 2.46 bits per heavy atom. The summed E-state index contributed by atoms with van der Waals surface area (Å²) in [4.78, 5) is 12.2. The van der Waals surface area contributed by atoms with Crippen molar-refractivity contribution in [2.45, 2.75) is 20.8 Å². The summed E-state index contributed by atoms with van der Waals surface area (Å²) in [7, 11) is 0. The number of hydrogen-bond acceptors (Lipinski definition) is 2. The number of aryl methyl sites for hydroxylation is 2. The molecule has 1 amide bonds. The van der Waals surface area contributed by atoms with Crippen molar-refractivity contribution in [3.63, 3.8) is 0 Å². The molecule has 5 heteroatoms. The van der Waals surface area contributed by atoms with Crippen LogP contribution in [0, 0.1) is 24.3 Å². The summed E-state index contributed by atoms with van der Waals surface area (Å²) in [6, 6.07) is 17.9. The number of nitrogens with zero attached hydrogens (tertiary/aromatic N) is 2. The van der Waals surface area contributed by atoms with Crippen LogP contribution in [0.15, 0.2) is 59.7 Å². The molecule has 4 nitrogen and oxygen atoms in total. The standard InChI is InChI=1S/C21H20IN3O/c1-14-6-4-5-7-20(14)21(26)24-23-13-17-12-15(2)25(16(17)3)19-10-8-18(22)9-11-19/h4-13H,1-3H3,(H,24,26)/b23-13+. The van der Waals surface area contributed by atoms with Gasteiger partial charge in [0.1, 0.15) is 0 Å². The van der Waals surface area contributed by atoms with E-state index in [1.54, 1.807) is 12.3 Å². The van der Waals surface area contributed by atoms with Gasteiger partial charge in [0.2, 0.25) is 0 Å². The van der Waals surface area contributed by atoms with E-state index in [2.05, 4.69) is 81.9 Å². The molecule has 2 aromatic carbocycles. The summed E-state index contributed by atoms with van der Waals surface area (Å²) in [6.07, 6.45) is 1.70. The summed E-state index contributed by atoms with van der Waals surface area (Å²) in [5, 5.41) is 4.14.